The van der Waals surface area contributed by atoms with E-state index in [4.69, 9.17) is 21.7 Å². The molecule has 2 amide bonds. The lowest BCUT2D eigenvalue weighted by atomic mass is 10.2. The summed E-state index contributed by atoms with van der Waals surface area (Å²) >= 11 is 5.06. The summed E-state index contributed by atoms with van der Waals surface area (Å²) in [5, 5.41) is 2.49. The first-order valence-corrected chi connectivity index (χ1v) is 10.8. The van der Waals surface area contributed by atoms with Gasteiger partial charge in [-0.25, -0.2) is 0 Å². The number of unbranched alkanes of at least 4 members (excludes halogenated alkanes) is 3. The Morgan fingerprint density at radius 1 is 0.774 bits per heavy atom. The number of rotatable bonds is 10. The molecule has 0 aliphatic rings. The van der Waals surface area contributed by atoms with Crippen molar-refractivity contribution in [2.45, 2.75) is 39.5 Å². The van der Waals surface area contributed by atoms with E-state index in [-0.39, 0.29) is 11.0 Å². The fraction of sp³-hybridized carbons (Fsp3) is 0.348. The fourth-order valence-corrected chi connectivity index (χ4v) is 2.83. The Morgan fingerprint density at radius 3 is 1.94 bits per heavy atom. The van der Waals surface area contributed by atoms with Crippen LogP contribution in [0.4, 0.5) is 0 Å². The monoisotopic (exact) mass is 443 g/mol. The molecule has 0 saturated carbocycles. The van der Waals surface area contributed by atoms with Crippen molar-refractivity contribution < 1.29 is 19.1 Å². The molecule has 3 N–H and O–H groups in total. The summed E-state index contributed by atoms with van der Waals surface area (Å²) in [7, 11) is 0. The van der Waals surface area contributed by atoms with Gasteiger partial charge in [0.15, 0.2) is 5.11 Å². The number of hydrogen-bond donors (Lipinski definition) is 3. The van der Waals surface area contributed by atoms with Crippen molar-refractivity contribution in [3.8, 4) is 11.5 Å². The van der Waals surface area contributed by atoms with Crippen LogP contribution in [0.3, 0.4) is 0 Å². The van der Waals surface area contributed by atoms with Crippen molar-refractivity contribution in [1.82, 2.24) is 16.2 Å². The molecule has 8 heteroatoms. The normalized spacial score (nSPS) is 10.1. The highest BCUT2D eigenvalue weighted by Crippen LogP contribution is 2.13. The van der Waals surface area contributed by atoms with Gasteiger partial charge in [0.2, 0.25) is 0 Å². The number of benzene rings is 2. The summed E-state index contributed by atoms with van der Waals surface area (Å²) in [6, 6.07) is 13.5. The lowest BCUT2D eigenvalue weighted by Gasteiger charge is -2.11. The predicted octanol–water partition coefficient (Wildman–Crippen LogP) is 3.99. The average molecular weight is 444 g/mol. The largest absolute Gasteiger partial charge is 0.494 e. The Bertz CT molecular complexity index is 854. The molecular formula is C23H29N3O4S. The maximum absolute atomic E-state index is 12.2. The number of hydrogen-bond acceptors (Lipinski definition) is 5. The smallest absolute Gasteiger partial charge is 0.269 e. The lowest BCUT2D eigenvalue weighted by molar-refractivity contribution is 0.0934. The molecule has 31 heavy (non-hydrogen) atoms. The summed E-state index contributed by atoms with van der Waals surface area (Å²) in [5.74, 6) is 0.626. The Kier molecular flexibility index (Phi) is 10.3. The Labute approximate surface area is 188 Å². The average Bonchev–Trinajstić information content (AvgIpc) is 2.78. The zero-order valence-electron chi connectivity index (χ0n) is 17.9. The minimum absolute atomic E-state index is 0.0146. The van der Waals surface area contributed by atoms with Crippen LogP contribution in [-0.2, 0) is 0 Å². The Hall–Kier alpha value is -3.13. The van der Waals surface area contributed by atoms with E-state index in [1.165, 1.54) is 12.8 Å². The SMILES string of the molecule is CCCCCCOc1ccc(C(=O)NNC(=S)NC(=O)c2ccc(OCC)cc2)cc1. The van der Waals surface area contributed by atoms with Gasteiger partial charge in [-0.2, -0.15) is 0 Å². The van der Waals surface area contributed by atoms with E-state index in [0.29, 0.717) is 30.1 Å². The van der Waals surface area contributed by atoms with Crippen LogP contribution in [0, 0.1) is 0 Å². The Balaban J connectivity index is 1.74. The van der Waals surface area contributed by atoms with Gasteiger partial charge in [0.25, 0.3) is 11.8 Å². The molecule has 0 unspecified atom stereocenters. The summed E-state index contributed by atoms with van der Waals surface area (Å²) in [6.07, 6.45) is 4.56. The number of thiocarbonyl (C=S) groups is 1. The van der Waals surface area contributed by atoms with Gasteiger partial charge in [0.1, 0.15) is 11.5 Å². The molecule has 0 aliphatic heterocycles. The molecule has 166 valence electrons. The second kappa shape index (κ2) is 13.2. The highest BCUT2D eigenvalue weighted by molar-refractivity contribution is 7.80. The molecule has 0 heterocycles. The van der Waals surface area contributed by atoms with Gasteiger partial charge in [-0.15, -0.1) is 0 Å². The molecule has 0 radical (unpaired) electrons. The first-order chi connectivity index (χ1) is 15.0. The summed E-state index contributed by atoms with van der Waals surface area (Å²) in [6.45, 7) is 5.27. The van der Waals surface area contributed by atoms with E-state index in [2.05, 4.69) is 23.1 Å². The molecule has 2 aromatic carbocycles. The minimum atomic E-state index is -0.393. The first-order valence-electron chi connectivity index (χ1n) is 10.4. The number of carbonyl (C=O) groups is 2. The molecule has 0 fully saturated rings. The third kappa shape index (κ3) is 8.64. The van der Waals surface area contributed by atoms with Crippen LogP contribution in [0.1, 0.15) is 60.2 Å². The van der Waals surface area contributed by atoms with Crippen LogP contribution < -0.4 is 25.6 Å². The molecule has 0 aromatic heterocycles. The fourth-order valence-electron chi connectivity index (χ4n) is 2.68. The second-order valence-corrected chi connectivity index (χ2v) is 7.16. The number of nitrogens with one attached hydrogen (secondary N) is 3. The molecule has 0 atom stereocenters. The van der Waals surface area contributed by atoms with E-state index in [1.54, 1.807) is 48.5 Å². The standard InChI is InChI=1S/C23H29N3O4S/c1-3-5-6-7-16-30-20-14-10-18(11-15-20)22(28)25-26-23(31)24-21(27)17-8-12-19(13-9-17)29-4-2/h8-15H,3-7,16H2,1-2H3,(H,25,28)(H2,24,26,27,31). The van der Waals surface area contributed by atoms with E-state index in [0.717, 1.165) is 18.6 Å². The van der Waals surface area contributed by atoms with Crippen LogP contribution in [0.25, 0.3) is 0 Å². The van der Waals surface area contributed by atoms with Crippen LogP contribution in [0.2, 0.25) is 0 Å². The molecular weight excluding hydrogens is 414 g/mol. The third-order valence-corrected chi connectivity index (χ3v) is 4.53. The summed E-state index contributed by atoms with van der Waals surface area (Å²) < 4.78 is 11.0. The first kappa shape index (κ1) is 24.1. The zero-order valence-corrected chi connectivity index (χ0v) is 18.7. The molecule has 2 aromatic rings. The quantitative estimate of drug-likeness (QED) is 0.292. The zero-order chi connectivity index (χ0) is 22.5. The Morgan fingerprint density at radius 2 is 1.35 bits per heavy atom. The van der Waals surface area contributed by atoms with Crippen molar-refractivity contribution in [3.63, 3.8) is 0 Å². The molecule has 0 saturated heterocycles. The lowest BCUT2D eigenvalue weighted by Crippen LogP contribution is -2.48. The van der Waals surface area contributed by atoms with Crippen LogP contribution in [-0.4, -0.2) is 30.1 Å². The molecule has 0 aliphatic carbocycles. The van der Waals surface area contributed by atoms with Gasteiger partial charge in [-0.05, 0) is 74.1 Å². The van der Waals surface area contributed by atoms with E-state index in [1.807, 2.05) is 6.92 Å². The second-order valence-electron chi connectivity index (χ2n) is 6.75. The van der Waals surface area contributed by atoms with Crippen molar-refractivity contribution >= 4 is 29.1 Å². The van der Waals surface area contributed by atoms with E-state index < -0.39 is 5.91 Å². The predicted molar refractivity (Wildman–Crippen MR) is 124 cm³/mol. The van der Waals surface area contributed by atoms with Gasteiger partial charge in [-0.3, -0.25) is 25.8 Å². The van der Waals surface area contributed by atoms with E-state index in [9.17, 15) is 9.59 Å². The van der Waals surface area contributed by atoms with Crippen LogP contribution in [0.5, 0.6) is 11.5 Å². The number of carbonyl (C=O) groups excluding carboxylic acids is 2. The summed E-state index contributed by atoms with van der Waals surface area (Å²) in [4.78, 5) is 24.5. The van der Waals surface area contributed by atoms with E-state index >= 15 is 0 Å². The van der Waals surface area contributed by atoms with Gasteiger partial charge in [0.05, 0.1) is 13.2 Å². The van der Waals surface area contributed by atoms with Crippen molar-refractivity contribution in [1.29, 1.82) is 0 Å². The number of ether oxygens (including phenoxy) is 2. The van der Waals surface area contributed by atoms with Crippen molar-refractivity contribution in [3.05, 3.63) is 59.7 Å². The maximum Gasteiger partial charge on any atom is 0.269 e. The molecule has 0 spiro atoms. The van der Waals surface area contributed by atoms with Crippen molar-refractivity contribution in [2.24, 2.45) is 0 Å². The van der Waals surface area contributed by atoms with Crippen LogP contribution >= 0.6 is 12.2 Å². The van der Waals surface area contributed by atoms with Crippen molar-refractivity contribution in [2.75, 3.05) is 13.2 Å². The maximum atomic E-state index is 12.2. The molecule has 7 nitrogen and oxygen atoms in total. The van der Waals surface area contributed by atoms with Gasteiger partial charge in [0, 0.05) is 11.1 Å². The summed E-state index contributed by atoms with van der Waals surface area (Å²) in [5.41, 5.74) is 5.84. The minimum Gasteiger partial charge on any atom is -0.494 e. The van der Waals surface area contributed by atoms with Gasteiger partial charge in [-0.1, -0.05) is 26.2 Å². The molecule has 2 rings (SSSR count). The number of hydrazine groups is 1. The highest BCUT2D eigenvalue weighted by Gasteiger charge is 2.10. The third-order valence-electron chi connectivity index (χ3n) is 4.33. The highest BCUT2D eigenvalue weighted by atomic mass is 32.1. The van der Waals surface area contributed by atoms with Gasteiger partial charge < -0.3 is 9.47 Å². The van der Waals surface area contributed by atoms with Gasteiger partial charge >= 0.3 is 0 Å². The number of amides is 2. The van der Waals surface area contributed by atoms with Crippen LogP contribution in [0.15, 0.2) is 48.5 Å². The molecule has 0 bridgehead atoms. The topological polar surface area (TPSA) is 88.7 Å².